The first-order valence-electron chi connectivity index (χ1n) is 8.35. The zero-order valence-electron chi connectivity index (χ0n) is 13.9. The van der Waals surface area contributed by atoms with Crippen molar-refractivity contribution in [3.05, 3.63) is 12.2 Å². The molecular weight excluding hydrogens is 264 g/mol. The Labute approximate surface area is 128 Å². The third-order valence-corrected chi connectivity index (χ3v) is 5.55. The van der Waals surface area contributed by atoms with Crippen LogP contribution in [0.4, 0.5) is 0 Å². The quantitative estimate of drug-likeness (QED) is 0.792. The average molecular weight is 294 g/mol. The Morgan fingerprint density at radius 2 is 1.81 bits per heavy atom. The first kappa shape index (κ1) is 15.5. The fraction of sp³-hybridized carbons (Fsp3) is 0.882. The molecule has 4 heterocycles. The molecule has 4 aliphatic rings. The van der Waals surface area contributed by atoms with Crippen LogP contribution >= 0.6 is 0 Å². The first-order valence-corrected chi connectivity index (χ1v) is 8.35. The number of ether oxygens (including phenoxy) is 1. The van der Waals surface area contributed by atoms with E-state index < -0.39 is 5.85 Å². The molecule has 1 N–H and O–H groups in total. The first-order chi connectivity index (χ1) is 9.73. The van der Waals surface area contributed by atoms with Gasteiger partial charge in [-0.05, 0) is 40.5 Å². The van der Waals surface area contributed by atoms with Gasteiger partial charge < -0.3 is 9.84 Å². The van der Waals surface area contributed by atoms with Crippen LogP contribution in [0.2, 0.25) is 0 Å². The largest absolute Gasteiger partial charge is 0.363 e. The molecule has 21 heavy (non-hydrogen) atoms. The molecule has 120 valence electrons. The number of aliphatic hydroxyl groups is 1. The minimum absolute atomic E-state index is 0.170. The van der Waals surface area contributed by atoms with Crippen LogP contribution in [0.5, 0.6) is 0 Å². The van der Waals surface area contributed by atoms with Gasteiger partial charge in [0.1, 0.15) is 0 Å². The van der Waals surface area contributed by atoms with Gasteiger partial charge in [-0.1, -0.05) is 18.6 Å². The standard InChI is InChI=1S/C17H30N2O2/c1-15(2)14-8-9-16(3,21-15)13-19(12-14)17(4,20)18-10-6-5-7-11-18/h8-9,14,20H,5-7,10-13H2,1-4H3. The minimum Gasteiger partial charge on any atom is -0.363 e. The Balaban J connectivity index is 1.83. The Kier molecular flexibility index (Phi) is 3.72. The fourth-order valence-electron chi connectivity index (χ4n) is 4.15. The second kappa shape index (κ2) is 5.05. The number of piperidine rings is 1. The Hall–Kier alpha value is -0.420. The predicted octanol–water partition coefficient (Wildman–Crippen LogP) is 2.19. The van der Waals surface area contributed by atoms with Crippen LogP contribution in [0.1, 0.15) is 47.0 Å². The van der Waals surface area contributed by atoms with Crippen molar-refractivity contribution in [1.29, 1.82) is 0 Å². The van der Waals surface area contributed by atoms with Crippen molar-refractivity contribution in [1.82, 2.24) is 9.80 Å². The van der Waals surface area contributed by atoms with Crippen molar-refractivity contribution >= 4 is 0 Å². The second-order valence-corrected chi connectivity index (χ2v) is 7.88. The van der Waals surface area contributed by atoms with E-state index in [1.807, 2.05) is 6.92 Å². The van der Waals surface area contributed by atoms with Crippen molar-refractivity contribution in [2.45, 2.75) is 64.0 Å². The molecule has 0 spiro atoms. The third-order valence-electron chi connectivity index (χ3n) is 5.55. The van der Waals surface area contributed by atoms with Crippen molar-refractivity contribution in [3.63, 3.8) is 0 Å². The lowest BCUT2D eigenvalue weighted by Crippen LogP contribution is -2.62. The van der Waals surface area contributed by atoms with Gasteiger partial charge in [0, 0.05) is 32.1 Å². The summed E-state index contributed by atoms with van der Waals surface area (Å²) in [6.07, 6.45) is 8.13. The molecule has 4 heteroatoms. The van der Waals surface area contributed by atoms with E-state index in [4.69, 9.17) is 4.74 Å². The molecule has 4 rings (SSSR count). The monoisotopic (exact) mass is 294 g/mol. The number of likely N-dealkylation sites (tertiary alicyclic amines) is 1. The van der Waals surface area contributed by atoms with E-state index in [-0.39, 0.29) is 11.2 Å². The number of nitrogens with zero attached hydrogens (tertiary/aromatic N) is 2. The minimum atomic E-state index is -0.879. The zero-order chi connectivity index (χ0) is 15.3. The van der Waals surface area contributed by atoms with E-state index >= 15 is 0 Å². The Morgan fingerprint density at radius 1 is 1.14 bits per heavy atom. The van der Waals surface area contributed by atoms with Crippen molar-refractivity contribution in [2.24, 2.45) is 5.92 Å². The van der Waals surface area contributed by atoms with Crippen molar-refractivity contribution in [2.75, 3.05) is 26.2 Å². The van der Waals surface area contributed by atoms with Gasteiger partial charge in [-0.15, -0.1) is 0 Å². The van der Waals surface area contributed by atoms with Crippen LogP contribution in [0.3, 0.4) is 0 Å². The predicted molar refractivity (Wildman–Crippen MR) is 83.8 cm³/mol. The molecule has 2 saturated heterocycles. The summed E-state index contributed by atoms with van der Waals surface area (Å²) in [6, 6.07) is 0. The maximum absolute atomic E-state index is 11.2. The van der Waals surface area contributed by atoms with E-state index in [9.17, 15) is 5.11 Å². The smallest absolute Gasteiger partial charge is 0.174 e. The van der Waals surface area contributed by atoms with Gasteiger partial charge in [0.05, 0.1) is 11.2 Å². The van der Waals surface area contributed by atoms with Gasteiger partial charge >= 0.3 is 0 Å². The molecule has 3 unspecified atom stereocenters. The highest BCUT2D eigenvalue weighted by Crippen LogP contribution is 2.41. The molecule has 0 aliphatic carbocycles. The molecule has 2 fully saturated rings. The number of hydrogen-bond donors (Lipinski definition) is 1. The molecule has 2 bridgehead atoms. The molecule has 0 saturated carbocycles. The van der Waals surface area contributed by atoms with E-state index in [0.717, 1.165) is 26.2 Å². The number of fused-ring (bicyclic) bond motifs is 3. The van der Waals surface area contributed by atoms with Gasteiger partial charge in [-0.2, -0.15) is 0 Å². The molecule has 4 nitrogen and oxygen atoms in total. The molecule has 0 radical (unpaired) electrons. The van der Waals surface area contributed by atoms with E-state index in [1.54, 1.807) is 0 Å². The Morgan fingerprint density at radius 3 is 2.43 bits per heavy atom. The summed E-state index contributed by atoms with van der Waals surface area (Å²) in [5.41, 5.74) is -0.480. The summed E-state index contributed by atoms with van der Waals surface area (Å²) in [5, 5.41) is 11.2. The fourth-order valence-corrected chi connectivity index (χ4v) is 4.15. The average Bonchev–Trinajstić information content (AvgIpc) is 2.64. The summed E-state index contributed by atoms with van der Waals surface area (Å²) in [4.78, 5) is 4.45. The van der Waals surface area contributed by atoms with Crippen LogP contribution in [-0.4, -0.2) is 58.1 Å². The summed E-state index contributed by atoms with van der Waals surface area (Å²) < 4.78 is 6.34. The van der Waals surface area contributed by atoms with Crippen LogP contribution < -0.4 is 0 Å². The van der Waals surface area contributed by atoms with Gasteiger partial charge in [0.2, 0.25) is 0 Å². The topological polar surface area (TPSA) is 35.9 Å². The number of rotatable bonds is 2. The summed E-state index contributed by atoms with van der Waals surface area (Å²) in [5.74, 6) is -0.556. The molecule has 0 aromatic carbocycles. The highest BCUT2D eigenvalue weighted by Gasteiger charge is 2.49. The van der Waals surface area contributed by atoms with Crippen LogP contribution in [0.15, 0.2) is 12.2 Å². The van der Waals surface area contributed by atoms with E-state index in [1.165, 1.54) is 19.3 Å². The second-order valence-electron chi connectivity index (χ2n) is 7.88. The third kappa shape index (κ3) is 2.79. The van der Waals surface area contributed by atoms with E-state index in [0.29, 0.717) is 5.92 Å². The zero-order valence-corrected chi connectivity index (χ0v) is 13.9. The summed E-state index contributed by atoms with van der Waals surface area (Å²) in [7, 11) is 0. The molecular formula is C17H30N2O2. The number of hydrogen-bond acceptors (Lipinski definition) is 4. The SMILES string of the molecule is CC12C=CC(CN(C(C)(O)N3CCCCC3)C1)C(C)(C)O2. The maximum atomic E-state index is 11.2. The summed E-state index contributed by atoms with van der Waals surface area (Å²) in [6.45, 7) is 12.0. The lowest BCUT2D eigenvalue weighted by atomic mass is 9.86. The molecule has 3 atom stereocenters. The van der Waals surface area contributed by atoms with Gasteiger partial charge in [0.25, 0.3) is 0 Å². The molecule has 0 amide bonds. The van der Waals surface area contributed by atoms with Gasteiger partial charge in [-0.3, -0.25) is 9.80 Å². The highest BCUT2D eigenvalue weighted by atomic mass is 16.5. The van der Waals surface area contributed by atoms with Gasteiger partial charge in [0.15, 0.2) is 5.85 Å². The molecule has 4 aliphatic heterocycles. The summed E-state index contributed by atoms with van der Waals surface area (Å²) >= 11 is 0. The van der Waals surface area contributed by atoms with Crippen LogP contribution in [0.25, 0.3) is 0 Å². The van der Waals surface area contributed by atoms with Crippen LogP contribution in [-0.2, 0) is 4.74 Å². The highest BCUT2D eigenvalue weighted by molar-refractivity contribution is 5.16. The lowest BCUT2D eigenvalue weighted by Gasteiger charge is -2.47. The van der Waals surface area contributed by atoms with Gasteiger partial charge in [-0.25, -0.2) is 0 Å². The Bertz CT molecular complexity index is 427. The molecule has 0 aromatic rings. The maximum Gasteiger partial charge on any atom is 0.174 e. The van der Waals surface area contributed by atoms with Crippen molar-refractivity contribution in [3.8, 4) is 0 Å². The van der Waals surface area contributed by atoms with Crippen molar-refractivity contribution < 1.29 is 9.84 Å². The molecule has 0 aromatic heterocycles. The van der Waals surface area contributed by atoms with E-state index in [2.05, 4.69) is 42.7 Å². The normalized spacial score (nSPS) is 40.0. The van der Waals surface area contributed by atoms with Crippen LogP contribution in [0, 0.1) is 5.92 Å². The lowest BCUT2D eigenvalue weighted by molar-refractivity contribution is -0.215.